The van der Waals surface area contributed by atoms with Gasteiger partial charge in [0.1, 0.15) is 5.60 Å². The molecule has 140 valence electrons. The molecule has 1 amide bonds. The summed E-state index contributed by atoms with van der Waals surface area (Å²) in [5, 5.41) is 10.1. The summed E-state index contributed by atoms with van der Waals surface area (Å²) < 4.78 is 7.67. The molecule has 1 saturated heterocycles. The first-order valence-corrected chi connectivity index (χ1v) is 8.91. The van der Waals surface area contributed by atoms with Gasteiger partial charge in [-0.25, -0.2) is 10.0 Å². The van der Waals surface area contributed by atoms with E-state index in [-0.39, 0.29) is 22.7 Å². The van der Waals surface area contributed by atoms with Gasteiger partial charge >= 0.3 is 11.8 Å². The predicted octanol–water partition coefficient (Wildman–Crippen LogP) is 4.32. The Morgan fingerprint density at radius 3 is 2.50 bits per heavy atom. The van der Waals surface area contributed by atoms with Gasteiger partial charge in [-0.3, -0.25) is 0 Å². The molecule has 0 radical (unpaired) electrons. The van der Waals surface area contributed by atoms with Crippen LogP contribution in [0.25, 0.3) is 10.9 Å². The van der Waals surface area contributed by atoms with E-state index in [9.17, 15) is 9.70 Å². The number of fused-ring (bicyclic) bond motifs is 1. The topological polar surface area (TPSA) is 74.8 Å². The molecule has 1 aliphatic rings. The van der Waals surface area contributed by atoms with Gasteiger partial charge in [0.2, 0.25) is 0 Å². The number of hydrogen-bond acceptors (Lipinski definition) is 3. The number of nitrogens with zero attached hydrogens (tertiary/aromatic N) is 3. The highest BCUT2D eigenvalue weighted by Gasteiger charge is 2.28. The summed E-state index contributed by atoms with van der Waals surface area (Å²) in [6, 6.07) is 5.46. The van der Waals surface area contributed by atoms with Crippen LogP contribution in [0, 0.1) is 11.8 Å². The third kappa shape index (κ3) is 3.66. The van der Waals surface area contributed by atoms with E-state index < -0.39 is 5.60 Å². The lowest BCUT2D eigenvalue weighted by Crippen LogP contribution is -2.42. The van der Waals surface area contributed by atoms with Gasteiger partial charge in [-0.15, -0.1) is 0 Å². The van der Waals surface area contributed by atoms with E-state index >= 15 is 0 Å². The summed E-state index contributed by atoms with van der Waals surface area (Å²) in [6.45, 7) is 8.91. The molecular weight excluding hydrogens is 334 g/mol. The van der Waals surface area contributed by atoms with Crippen molar-refractivity contribution in [2.24, 2.45) is 0 Å². The van der Waals surface area contributed by atoms with Crippen molar-refractivity contribution in [2.75, 3.05) is 13.1 Å². The molecule has 2 aromatic rings. The lowest BCUT2D eigenvalue weighted by molar-refractivity contribution is -0.729. The van der Waals surface area contributed by atoms with Crippen molar-refractivity contribution in [2.45, 2.75) is 52.2 Å². The Hall–Kier alpha value is -2.57. The molecule has 3 rings (SSSR count). The average Bonchev–Trinajstić information content (AvgIpc) is 2.90. The molecule has 0 spiro atoms. The molecule has 1 aliphatic heterocycles. The zero-order valence-corrected chi connectivity index (χ0v) is 15.7. The third-order valence-corrected chi connectivity index (χ3v) is 4.75. The summed E-state index contributed by atoms with van der Waals surface area (Å²) in [6.07, 6.45) is 3.51. The standard InChI is InChI=1S/C19H26N3O4/c1-13-12-21(17-6-5-15(22(24)25)11-16(13)17)14-7-9-20(10-8-14)18(23)26-19(2,3)4/h5-6,11-12,14H,7-10H2,1-4H3,(H,24,25)/q+1. The number of carbonyl (C=O) groups excluding carboxylic acids is 1. The lowest BCUT2D eigenvalue weighted by Gasteiger charge is -2.34. The summed E-state index contributed by atoms with van der Waals surface area (Å²) >= 11 is 0. The average molecular weight is 360 g/mol. The summed E-state index contributed by atoms with van der Waals surface area (Å²) in [7, 11) is 0. The second-order valence-corrected chi connectivity index (χ2v) is 7.89. The third-order valence-electron chi connectivity index (χ3n) is 4.75. The minimum atomic E-state index is -0.485. The van der Waals surface area contributed by atoms with Crippen LogP contribution < -0.4 is 0 Å². The normalized spacial score (nSPS) is 16.1. The Balaban J connectivity index is 1.76. The maximum atomic E-state index is 12.2. The predicted molar refractivity (Wildman–Crippen MR) is 97.8 cm³/mol. The number of aryl methyl sites for hydroxylation is 1. The minimum Gasteiger partial charge on any atom is -0.444 e. The molecule has 0 aliphatic carbocycles. The Bertz CT molecular complexity index is 842. The fraction of sp³-hybridized carbons (Fsp3) is 0.526. The fourth-order valence-electron chi connectivity index (χ4n) is 3.49. The van der Waals surface area contributed by atoms with Crippen LogP contribution in [0.2, 0.25) is 0 Å². The van der Waals surface area contributed by atoms with E-state index in [1.54, 1.807) is 17.0 Å². The van der Waals surface area contributed by atoms with Crippen molar-refractivity contribution >= 4 is 22.7 Å². The van der Waals surface area contributed by atoms with Gasteiger partial charge in [0.05, 0.1) is 4.91 Å². The summed E-state index contributed by atoms with van der Waals surface area (Å²) in [5.74, 6) is 0. The van der Waals surface area contributed by atoms with Gasteiger partial charge in [0, 0.05) is 48.4 Å². The van der Waals surface area contributed by atoms with Crippen LogP contribution in [-0.4, -0.2) is 44.4 Å². The van der Waals surface area contributed by atoms with Crippen molar-refractivity contribution in [1.82, 2.24) is 9.47 Å². The van der Waals surface area contributed by atoms with Crippen LogP contribution in [0.4, 0.5) is 10.5 Å². The molecule has 0 saturated carbocycles. The first kappa shape index (κ1) is 18.2. The number of likely N-dealkylation sites (tertiary alicyclic amines) is 1. The lowest BCUT2D eigenvalue weighted by atomic mass is 10.0. The highest BCUT2D eigenvalue weighted by molar-refractivity contribution is 5.86. The molecule has 1 aromatic carbocycles. The summed E-state index contributed by atoms with van der Waals surface area (Å²) in [4.78, 5) is 25.0. The zero-order chi connectivity index (χ0) is 19.1. The molecule has 1 fully saturated rings. The minimum absolute atomic E-state index is 0.116. The molecular formula is C19H26N3O4+. The van der Waals surface area contributed by atoms with Gasteiger partial charge in [0.15, 0.2) is 0 Å². The molecule has 1 N–H and O–H groups in total. The monoisotopic (exact) mass is 360 g/mol. The van der Waals surface area contributed by atoms with E-state index in [2.05, 4.69) is 10.8 Å². The van der Waals surface area contributed by atoms with Crippen LogP contribution in [0.5, 0.6) is 0 Å². The zero-order valence-electron chi connectivity index (χ0n) is 15.7. The van der Waals surface area contributed by atoms with E-state index in [4.69, 9.17) is 9.94 Å². The smallest absolute Gasteiger partial charge is 0.410 e. The van der Waals surface area contributed by atoms with E-state index in [0.717, 1.165) is 29.3 Å². The van der Waals surface area contributed by atoms with Crippen molar-refractivity contribution in [3.63, 3.8) is 0 Å². The van der Waals surface area contributed by atoms with Crippen molar-refractivity contribution < 1.29 is 19.7 Å². The fourth-order valence-corrected chi connectivity index (χ4v) is 3.49. The van der Waals surface area contributed by atoms with Gasteiger partial charge < -0.3 is 14.2 Å². The second kappa shape index (κ2) is 6.63. The Morgan fingerprint density at radius 1 is 1.27 bits per heavy atom. The number of aromatic nitrogens is 1. The van der Waals surface area contributed by atoms with Crippen LogP contribution in [0.1, 0.15) is 45.2 Å². The van der Waals surface area contributed by atoms with Gasteiger partial charge in [-0.1, -0.05) is 0 Å². The molecule has 1 aromatic heterocycles. The number of hydrogen-bond donors (Lipinski definition) is 1. The van der Waals surface area contributed by atoms with Crippen molar-refractivity contribution in [3.8, 4) is 0 Å². The maximum absolute atomic E-state index is 12.2. The molecule has 2 heterocycles. The van der Waals surface area contributed by atoms with Crippen LogP contribution in [0.3, 0.4) is 0 Å². The van der Waals surface area contributed by atoms with Crippen LogP contribution >= 0.6 is 0 Å². The maximum Gasteiger partial charge on any atom is 0.410 e. The quantitative estimate of drug-likeness (QED) is 0.809. The largest absolute Gasteiger partial charge is 0.444 e. The van der Waals surface area contributed by atoms with Gasteiger partial charge in [-0.05, 0) is 52.2 Å². The Morgan fingerprint density at radius 2 is 1.92 bits per heavy atom. The van der Waals surface area contributed by atoms with Gasteiger partial charge in [0.25, 0.3) is 4.92 Å². The van der Waals surface area contributed by atoms with E-state index in [0.29, 0.717) is 13.1 Å². The number of rotatable bonds is 2. The molecule has 7 nitrogen and oxygen atoms in total. The molecule has 0 atom stereocenters. The molecule has 26 heavy (non-hydrogen) atoms. The van der Waals surface area contributed by atoms with Crippen molar-refractivity contribution in [1.29, 1.82) is 0 Å². The first-order valence-electron chi connectivity index (χ1n) is 8.91. The number of benzene rings is 1. The van der Waals surface area contributed by atoms with Crippen LogP contribution in [0.15, 0.2) is 24.4 Å². The number of amides is 1. The van der Waals surface area contributed by atoms with Crippen molar-refractivity contribution in [3.05, 3.63) is 34.9 Å². The number of carbonyl (C=O) groups is 1. The van der Waals surface area contributed by atoms with E-state index in [1.807, 2.05) is 33.8 Å². The summed E-state index contributed by atoms with van der Waals surface area (Å²) in [5.41, 5.74) is 1.82. The molecule has 7 heteroatoms. The SMILES string of the molecule is Cc1cn(C2CCN(C(=O)OC(C)(C)C)CC2)c2ccc([N+](=O)O)cc12. The molecule has 0 bridgehead atoms. The van der Waals surface area contributed by atoms with Gasteiger partial charge in [-0.2, -0.15) is 0 Å². The highest BCUT2D eigenvalue weighted by Crippen LogP contribution is 2.32. The molecule has 0 unspecified atom stereocenters. The number of piperidine rings is 1. The second-order valence-electron chi connectivity index (χ2n) is 7.89. The highest BCUT2D eigenvalue weighted by atomic mass is 16.6. The number of ether oxygens (including phenoxy) is 1. The Labute approximate surface area is 152 Å². The first-order chi connectivity index (χ1) is 12.2. The van der Waals surface area contributed by atoms with E-state index in [1.165, 1.54) is 0 Å². The Kier molecular flexibility index (Phi) is 4.64. The van der Waals surface area contributed by atoms with Crippen LogP contribution in [-0.2, 0) is 4.74 Å².